The maximum Gasteiger partial charge on any atom is 0.223 e. The Bertz CT molecular complexity index is 704. The Labute approximate surface area is 156 Å². The number of rotatable bonds is 5. The van der Waals surface area contributed by atoms with Crippen LogP contribution in [-0.2, 0) is 21.4 Å². The number of benzene rings is 1. The second kappa shape index (κ2) is 8.39. The number of carbonyl (C=O) groups excluding carboxylic acids is 1. The maximum absolute atomic E-state index is 12.4. The van der Waals surface area contributed by atoms with E-state index in [1.807, 2.05) is 0 Å². The molecule has 2 heterocycles. The highest BCUT2D eigenvalue weighted by Gasteiger charge is 2.28. The largest absolute Gasteiger partial charge is 0.372 e. The van der Waals surface area contributed by atoms with Gasteiger partial charge in [-0.05, 0) is 49.8 Å². The van der Waals surface area contributed by atoms with Crippen LogP contribution in [0.3, 0.4) is 0 Å². The van der Waals surface area contributed by atoms with E-state index >= 15 is 0 Å². The summed E-state index contributed by atoms with van der Waals surface area (Å²) in [6.45, 7) is 3.64. The number of nitrogens with zero attached hydrogens (tertiary/aromatic N) is 2. The molecule has 0 radical (unpaired) electrons. The Morgan fingerprint density at radius 3 is 2.23 bits per heavy atom. The second-order valence-corrected chi connectivity index (χ2v) is 9.35. The van der Waals surface area contributed by atoms with E-state index in [0.29, 0.717) is 32.5 Å². The fourth-order valence-electron chi connectivity index (χ4n) is 3.76. The molecule has 2 aliphatic heterocycles. The SMILES string of the molecule is CS(=O)(=O)N1CCC(C(=O)NCc2ccc(N3CCCCC3)cc2)CC1. The van der Waals surface area contributed by atoms with Gasteiger partial charge in [0.15, 0.2) is 0 Å². The molecule has 1 aromatic rings. The molecule has 6 nitrogen and oxygen atoms in total. The lowest BCUT2D eigenvalue weighted by atomic mass is 9.97. The van der Waals surface area contributed by atoms with Crippen LogP contribution in [0.1, 0.15) is 37.7 Å². The standard InChI is InChI=1S/C19H29N3O3S/c1-26(24,25)22-13-9-17(10-14-22)19(23)20-15-16-5-7-18(8-6-16)21-11-3-2-4-12-21/h5-8,17H,2-4,9-15H2,1H3,(H,20,23). The smallest absolute Gasteiger partial charge is 0.223 e. The zero-order valence-corrected chi connectivity index (χ0v) is 16.3. The number of anilines is 1. The van der Waals surface area contributed by atoms with Crippen molar-refractivity contribution in [3.05, 3.63) is 29.8 Å². The van der Waals surface area contributed by atoms with Gasteiger partial charge in [0.25, 0.3) is 0 Å². The first-order valence-corrected chi connectivity index (χ1v) is 11.3. The molecule has 2 saturated heterocycles. The summed E-state index contributed by atoms with van der Waals surface area (Å²) in [6.07, 6.45) is 6.25. The molecule has 0 atom stereocenters. The van der Waals surface area contributed by atoms with E-state index in [1.165, 1.54) is 35.5 Å². The van der Waals surface area contributed by atoms with Crippen molar-refractivity contribution in [2.24, 2.45) is 5.92 Å². The van der Waals surface area contributed by atoms with Gasteiger partial charge in [0.1, 0.15) is 0 Å². The minimum atomic E-state index is -3.15. The molecule has 2 aliphatic rings. The lowest BCUT2D eigenvalue weighted by Gasteiger charge is -2.29. The molecule has 2 fully saturated rings. The summed E-state index contributed by atoms with van der Waals surface area (Å²) in [5.74, 6) is -0.0705. The van der Waals surface area contributed by atoms with Crippen molar-refractivity contribution in [2.75, 3.05) is 37.3 Å². The zero-order valence-electron chi connectivity index (χ0n) is 15.5. The lowest BCUT2D eigenvalue weighted by molar-refractivity contribution is -0.126. The van der Waals surface area contributed by atoms with Crippen molar-refractivity contribution in [3.8, 4) is 0 Å². The highest BCUT2D eigenvalue weighted by Crippen LogP contribution is 2.21. The topological polar surface area (TPSA) is 69.7 Å². The minimum Gasteiger partial charge on any atom is -0.372 e. The molecular formula is C19H29N3O3S. The summed E-state index contributed by atoms with van der Waals surface area (Å²) < 4.78 is 24.5. The summed E-state index contributed by atoms with van der Waals surface area (Å²) in [4.78, 5) is 14.8. The predicted octanol–water partition coefficient (Wildman–Crippen LogP) is 1.96. The van der Waals surface area contributed by atoms with E-state index in [-0.39, 0.29) is 11.8 Å². The number of sulfonamides is 1. The summed E-state index contributed by atoms with van der Waals surface area (Å²) in [5.41, 5.74) is 2.35. The van der Waals surface area contributed by atoms with Gasteiger partial charge in [0.05, 0.1) is 6.26 Å². The number of hydrogen-bond donors (Lipinski definition) is 1. The van der Waals surface area contributed by atoms with E-state index in [2.05, 4.69) is 34.5 Å². The quantitative estimate of drug-likeness (QED) is 0.849. The fourth-order valence-corrected chi connectivity index (χ4v) is 4.63. The van der Waals surface area contributed by atoms with Gasteiger partial charge in [0.2, 0.25) is 15.9 Å². The van der Waals surface area contributed by atoms with Gasteiger partial charge in [-0.1, -0.05) is 12.1 Å². The Morgan fingerprint density at radius 1 is 1.04 bits per heavy atom. The molecule has 0 spiro atoms. The average Bonchev–Trinajstić information content (AvgIpc) is 2.66. The van der Waals surface area contributed by atoms with Gasteiger partial charge >= 0.3 is 0 Å². The number of hydrogen-bond acceptors (Lipinski definition) is 4. The Morgan fingerprint density at radius 2 is 1.65 bits per heavy atom. The molecule has 0 unspecified atom stereocenters. The molecule has 0 saturated carbocycles. The highest BCUT2D eigenvalue weighted by molar-refractivity contribution is 7.88. The van der Waals surface area contributed by atoms with Crippen LogP contribution in [0.4, 0.5) is 5.69 Å². The molecule has 144 valence electrons. The van der Waals surface area contributed by atoms with Crippen LogP contribution in [-0.4, -0.2) is 51.1 Å². The van der Waals surface area contributed by atoms with Crippen LogP contribution in [0, 0.1) is 5.92 Å². The molecule has 26 heavy (non-hydrogen) atoms. The third-order valence-corrected chi connectivity index (χ3v) is 6.72. The van der Waals surface area contributed by atoms with Crippen LogP contribution in [0.2, 0.25) is 0 Å². The molecule has 1 amide bonds. The van der Waals surface area contributed by atoms with E-state index in [0.717, 1.165) is 18.7 Å². The number of amides is 1. The summed E-state index contributed by atoms with van der Waals surface area (Å²) in [7, 11) is -3.15. The van der Waals surface area contributed by atoms with Crippen LogP contribution in [0.15, 0.2) is 24.3 Å². The molecule has 1 N–H and O–H groups in total. The van der Waals surface area contributed by atoms with Crippen molar-refractivity contribution in [2.45, 2.75) is 38.6 Å². The monoisotopic (exact) mass is 379 g/mol. The summed E-state index contributed by atoms with van der Waals surface area (Å²) >= 11 is 0. The first-order chi connectivity index (χ1) is 12.4. The first-order valence-electron chi connectivity index (χ1n) is 9.50. The number of piperidine rings is 2. The van der Waals surface area contributed by atoms with Crippen molar-refractivity contribution < 1.29 is 13.2 Å². The van der Waals surface area contributed by atoms with E-state index < -0.39 is 10.0 Å². The highest BCUT2D eigenvalue weighted by atomic mass is 32.2. The summed E-state index contributed by atoms with van der Waals surface area (Å²) in [5, 5.41) is 3.00. The molecule has 1 aromatic carbocycles. The van der Waals surface area contributed by atoms with Crippen LogP contribution in [0.25, 0.3) is 0 Å². The van der Waals surface area contributed by atoms with Crippen molar-refractivity contribution in [3.63, 3.8) is 0 Å². The van der Waals surface area contributed by atoms with E-state index in [1.54, 1.807) is 0 Å². The van der Waals surface area contributed by atoms with Gasteiger partial charge in [-0.2, -0.15) is 0 Å². The fraction of sp³-hybridized carbons (Fsp3) is 0.632. The van der Waals surface area contributed by atoms with Gasteiger partial charge in [-0.15, -0.1) is 0 Å². The molecular weight excluding hydrogens is 350 g/mol. The lowest BCUT2D eigenvalue weighted by Crippen LogP contribution is -2.42. The van der Waals surface area contributed by atoms with Gasteiger partial charge < -0.3 is 10.2 Å². The first kappa shape index (κ1) is 19.2. The second-order valence-electron chi connectivity index (χ2n) is 7.37. The van der Waals surface area contributed by atoms with Crippen LogP contribution >= 0.6 is 0 Å². The third-order valence-electron chi connectivity index (χ3n) is 5.42. The Hall–Kier alpha value is -1.60. The number of nitrogens with one attached hydrogen (secondary N) is 1. The zero-order chi connectivity index (χ0) is 18.6. The molecule has 0 aliphatic carbocycles. The Kier molecular flexibility index (Phi) is 6.19. The minimum absolute atomic E-state index is 0.0262. The van der Waals surface area contributed by atoms with E-state index in [4.69, 9.17) is 0 Å². The van der Waals surface area contributed by atoms with Gasteiger partial charge in [-0.3, -0.25) is 4.79 Å². The summed E-state index contributed by atoms with van der Waals surface area (Å²) in [6, 6.07) is 8.43. The molecule has 7 heteroatoms. The predicted molar refractivity (Wildman–Crippen MR) is 103 cm³/mol. The third kappa shape index (κ3) is 4.98. The number of carbonyl (C=O) groups is 1. The van der Waals surface area contributed by atoms with E-state index in [9.17, 15) is 13.2 Å². The maximum atomic E-state index is 12.4. The average molecular weight is 380 g/mol. The van der Waals surface area contributed by atoms with Crippen molar-refractivity contribution in [1.29, 1.82) is 0 Å². The Balaban J connectivity index is 1.46. The van der Waals surface area contributed by atoms with Gasteiger partial charge in [-0.25, -0.2) is 12.7 Å². The van der Waals surface area contributed by atoms with Crippen molar-refractivity contribution >= 4 is 21.6 Å². The normalized spacial score (nSPS) is 20.1. The van der Waals surface area contributed by atoms with Crippen LogP contribution in [0.5, 0.6) is 0 Å². The van der Waals surface area contributed by atoms with Gasteiger partial charge in [0, 0.05) is 44.3 Å². The molecule has 0 bridgehead atoms. The molecule has 0 aromatic heterocycles. The molecule has 3 rings (SSSR count). The van der Waals surface area contributed by atoms with Crippen molar-refractivity contribution in [1.82, 2.24) is 9.62 Å². The van der Waals surface area contributed by atoms with Crippen LogP contribution < -0.4 is 10.2 Å².